The molecular weight excluding hydrogens is 164 g/mol. The van der Waals surface area contributed by atoms with E-state index in [4.69, 9.17) is 0 Å². The number of esters is 1. The number of hydrogen-bond donors (Lipinski definition) is 0. The molecule has 2 nitrogen and oxygen atoms in total. The number of methoxy groups -OCH3 is 1. The molecule has 0 aliphatic rings. The first kappa shape index (κ1) is 9.78. The van der Waals surface area contributed by atoms with Crippen LogP contribution in [0.4, 0.5) is 0 Å². The Labute approximate surface area is 78.5 Å². The third-order valence-corrected chi connectivity index (χ3v) is 2.10. The molecule has 0 fully saturated rings. The molecule has 1 aromatic rings. The van der Waals surface area contributed by atoms with Gasteiger partial charge in [-0.15, -0.1) is 0 Å². The molecule has 0 amide bonds. The first-order valence-electron chi connectivity index (χ1n) is 4.29. The van der Waals surface area contributed by atoms with Crippen molar-refractivity contribution >= 4 is 5.97 Å². The first-order valence-corrected chi connectivity index (χ1v) is 4.29. The fourth-order valence-corrected chi connectivity index (χ4v) is 1.25. The van der Waals surface area contributed by atoms with Crippen molar-refractivity contribution in [2.75, 3.05) is 7.11 Å². The minimum Gasteiger partial charge on any atom is -0.469 e. The van der Waals surface area contributed by atoms with Gasteiger partial charge in [-0.2, -0.15) is 0 Å². The lowest BCUT2D eigenvalue weighted by molar-refractivity contribution is -0.141. The monoisotopic (exact) mass is 178 g/mol. The maximum atomic E-state index is 11.2. The standard InChI is InChI=1S/C11H14O2/c1-8-5-4-6-10(7-8)9(2)11(12)13-3/h4-7,9H,1-3H3/t9-/m0/s1. The summed E-state index contributed by atoms with van der Waals surface area (Å²) in [5, 5.41) is 0. The molecule has 1 atom stereocenters. The van der Waals surface area contributed by atoms with Crippen LogP contribution in [-0.4, -0.2) is 13.1 Å². The molecule has 0 saturated heterocycles. The predicted molar refractivity (Wildman–Crippen MR) is 51.6 cm³/mol. The van der Waals surface area contributed by atoms with E-state index in [1.807, 2.05) is 38.1 Å². The Morgan fingerprint density at radius 3 is 2.69 bits per heavy atom. The van der Waals surface area contributed by atoms with Crippen molar-refractivity contribution in [2.24, 2.45) is 0 Å². The summed E-state index contributed by atoms with van der Waals surface area (Å²) in [6.07, 6.45) is 0. The van der Waals surface area contributed by atoms with Gasteiger partial charge in [0.25, 0.3) is 0 Å². The van der Waals surface area contributed by atoms with Crippen LogP contribution in [0, 0.1) is 6.92 Å². The van der Waals surface area contributed by atoms with E-state index in [2.05, 4.69) is 4.74 Å². The van der Waals surface area contributed by atoms with E-state index in [0.717, 1.165) is 11.1 Å². The van der Waals surface area contributed by atoms with E-state index in [0.29, 0.717) is 0 Å². The second-order valence-corrected chi connectivity index (χ2v) is 3.16. The molecule has 0 saturated carbocycles. The molecule has 1 rings (SSSR count). The number of rotatable bonds is 2. The summed E-state index contributed by atoms with van der Waals surface area (Å²) in [6.45, 7) is 3.86. The van der Waals surface area contributed by atoms with Gasteiger partial charge in [-0.1, -0.05) is 29.8 Å². The lowest BCUT2D eigenvalue weighted by Crippen LogP contribution is -2.10. The zero-order valence-corrected chi connectivity index (χ0v) is 8.20. The second kappa shape index (κ2) is 4.08. The molecule has 0 unspecified atom stereocenters. The number of hydrogen-bond acceptors (Lipinski definition) is 2. The second-order valence-electron chi connectivity index (χ2n) is 3.16. The van der Waals surface area contributed by atoms with Crippen LogP contribution in [0.25, 0.3) is 0 Å². The molecule has 0 radical (unpaired) electrons. The lowest BCUT2D eigenvalue weighted by Gasteiger charge is -2.09. The summed E-state index contributed by atoms with van der Waals surface area (Å²) in [7, 11) is 1.41. The Morgan fingerprint density at radius 1 is 1.46 bits per heavy atom. The number of aryl methyl sites for hydroxylation is 1. The van der Waals surface area contributed by atoms with Crippen molar-refractivity contribution in [1.29, 1.82) is 0 Å². The van der Waals surface area contributed by atoms with Gasteiger partial charge < -0.3 is 4.74 Å². The first-order chi connectivity index (χ1) is 6.15. The van der Waals surface area contributed by atoms with E-state index >= 15 is 0 Å². The number of carbonyl (C=O) groups is 1. The molecule has 13 heavy (non-hydrogen) atoms. The predicted octanol–water partition coefficient (Wildman–Crippen LogP) is 2.27. The van der Waals surface area contributed by atoms with Gasteiger partial charge >= 0.3 is 5.97 Å². The maximum absolute atomic E-state index is 11.2. The molecule has 1 aromatic carbocycles. The van der Waals surface area contributed by atoms with Gasteiger partial charge in [0, 0.05) is 0 Å². The van der Waals surface area contributed by atoms with Crippen LogP contribution >= 0.6 is 0 Å². The van der Waals surface area contributed by atoms with E-state index < -0.39 is 0 Å². The van der Waals surface area contributed by atoms with Crippen molar-refractivity contribution in [1.82, 2.24) is 0 Å². The normalized spacial score (nSPS) is 12.2. The fourth-order valence-electron chi connectivity index (χ4n) is 1.25. The minimum absolute atomic E-state index is 0.176. The SMILES string of the molecule is COC(=O)[C@@H](C)c1cccc(C)c1. The largest absolute Gasteiger partial charge is 0.469 e. The van der Waals surface area contributed by atoms with E-state index in [9.17, 15) is 4.79 Å². The van der Waals surface area contributed by atoms with E-state index in [-0.39, 0.29) is 11.9 Å². The Hall–Kier alpha value is -1.31. The number of carbonyl (C=O) groups excluding carboxylic acids is 1. The summed E-state index contributed by atoms with van der Waals surface area (Å²) in [4.78, 5) is 11.2. The van der Waals surface area contributed by atoms with Gasteiger partial charge in [-0.3, -0.25) is 4.79 Å². The Morgan fingerprint density at radius 2 is 2.15 bits per heavy atom. The van der Waals surface area contributed by atoms with E-state index in [1.54, 1.807) is 0 Å². The van der Waals surface area contributed by atoms with Crippen LogP contribution in [0.15, 0.2) is 24.3 Å². The number of benzene rings is 1. The summed E-state index contributed by atoms with van der Waals surface area (Å²) in [5.74, 6) is -0.365. The van der Waals surface area contributed by atoms with Gasteiger partial charge in [0.2, 0.25) is 0 Å². The Kier molecular flexibility index (Phi) is 3.07. The summed E-state index contributed by atoms with van der Waals surface area (Å²) >= 11 is 0. The highest BCUT2D eigenvalue weighted by Gasteiger charge is 2.14. The topological polar surface area (TPSA) is 26.3 Å². The molecule has 0 aromatic heterocycles. The van der Waals surface area contributed by atoms with Gasteiger partial charge in [0.1, 0.15) is 0 Å². The molecule has 0 aliphatic heterocycles. The highest BCUT2D eigenvalue weighted by molar-refractivity contribution is 5.77. The highest BCUT2D eigenvalue weighted by atomic mass is 16.5. The molecular formula is C11H14O2. The minimum atomic E-state index is -0.189. The Bertz CT molecular complexity index is 305. The van der Waals surface area contributed by atoms with Crippen molar-refractivity contribution < 1.29 is 9.53 Å². The van der Waals surface area contributed by atoms with Crippen LogP contribution in [-0.2, 0) is 9.53 Å². The van der Waals surface area contributed by atoms with Crippen LogP contribution in [0.2, 0.25) is 0 Å². The van der Waals surface area contributed by atoms with Crippen LogP contribution in [0.1, 0.15) is 24.0 Å². The number of ether oxygens (including phenoxy) is 1. The molecule has 0 N–H and O–H groups in total. The molecule has 0 spiro atoms. The smallest absolute Gasteiger partial charge is 0.312 e. The Balaban J connectivity index is 2.88. The molecule has 0 aliphatic carbocycles. The van der Waals surface area contributed by atoms with Gasteiger partial charge in [-0.05, 0) is 19.4 Å². The molecule has 0 heterocycles. The summed E-state index contributed by atoms with van der Waals surface area (Å²) < 4.78 is 4.67. The fraction of sp³-hybridized carbons (Fsp3) is 0.364. The average Bonchev–Trinajstić information content (AvgIpc) is 2.15. The van der Waals surface area contributed by atoms with Crippen molar-refractivity contribution in [3.05, 3.63) is 35.4 Å². The quantitative estimate of drug-likeness (QED) is 0.649. The lowest BCUT2D eigenvalue weighted by atomic mass is 10.00. The highest BCUT2D eigenvalue weighted by Crippen LogP contribution is 2.17. The average molecular weight is 178 g/mol. The molecule has 0 bridgehead atoms. The molecule has 70 valence electrons. The zero-order valence-electron chi connectivity index (χ0n) is 8.20. The third kappa shape index (κ3) is 2.31. The van der Waals surface area contributed by atoms with Gasteiger partial charge in [-0.25, -0.2) is 0 Å². The third-order valence-electron chi connectivity index (χ3n) is 2.10. The van der Waals surface area contributed by atoms with Crippen LogP contribution in [0.5, 0.6) is 0 Å². The van der Waals surface area contributed by atoms with Crippen LogP contribution < -0.4 is 0 Å². The van der Waals surface area contributed by atoms with Gasteiger partial charge in [0.05, 0.1) is 13.0 Å². The van der Waals surface area contributed by atoms with Crippen molar-refractivity contribution in [3.8, 4) is 0 Å². The van der Waals surface area contributed by atoms with Crippen LogP contribution in [0.3, 0.4) is 0 Å². The maximum Gasteiger partial charge on any atom is 0.312 e. The van der Waals surface area contributed by atoms with E-state index in [1.165, 1.54) is 7.11 Å². The van der Waals surface area contributed by atoms with Crippen molar-refractivity contribution in [3.63, 3.8) is 0 Å². The summed E-state index contributed by atoms with van der Waals surface area (Å²) in [5.41, 5.74) is 2.17. The van der Waals surface area contributed by atoms with Crippen molar-refractivity contribution in [2.45, 2.75) is 19.8 Å². The van der Waals surface area contributed by atoms with Gasteiger partial charge in [0.15, 0.2) is 0 Å². The molecule has 2 heteroatoms. The summed E-state index contributed by atoms with van der Waals surface area (Å²) in [6, 6.07) is 7.90. The zero-order chi connectivity index (χ0) is 9.84.